The average Bonchev–Trinajstić information content (AvgIpc) is 3.31. The molecule has 0 spiro atoms. The van der Waals surface area contributed by atoms with Crippen molar-refractivity contribution in [2.24, 2.45) is 0 Å². The summed E-state index contributed by atoms with van der Waals surface area (Å²) in [5.74, 6) is 0.549. The summed E-state index contributed by atoms with van der Waals surface area (Å²) in [5.41, 5.74) is 2.87. The summed E-state index contributed by atoms with van der Waals surface area (Å²) in [6, 6.07) is 12.7. The third-order valence-corrected chi connectivity index (χ3v) is 6.94. The Bertz CT molecular complexity index is 1230. The highest BCUT2D eigenvalue weighted by molar-refractivity contribution is 5.99. The minimum atomic E-state index is -4.49. The number of alkyl halides is 3. The van der Waals surface area contributed by atoms with Gasteiger partial charge in [0.2, 0.25) is 0 Å². The first-order valence-corrected chi connectivity index (χ1v) is 11.9. The van der Waals surface area contributed by atoms with Crippen LogP contribution in [0.3, 0.4) is 0 Å². The molecule has 0 unspecified atom stereocenters. The van der Waals surface area contributed by atoms with Crippen LogP contribution in [0.2, 0.25) is 0 Å². The minimum absolute atomic E-state index is 0.117. The quantitative estimate of drug-likeness (QED) is 0.558. The second kappa shape index (κ2) is 9.40. The van der Waals surface area contributed by atoms with E-state index in [4.69, 9.17) is 4.74 Å². The van der Waals surface area contributed by atoms with Crippen molar-refractivity contribution in [2.45, 2.75) is 31.6 Å². The van der Waals surface area contributed by atoms with Gasteiger partial charge in [-0.2, -0.15) is 18.3 Å². The van der Waals surface area contributed by atoms with Gasteiger partial charge in [0.25, 0.3) is 5.91 Å². The number of methoxy groups -OCH3 is 1. The van der Waals surface area contributed by atoms with Gasteiger partial charge in [0, 0.05) is 32.6 Å². The number of benzene rings is 2. The Morgan fingerprint density at radius 3 is 2.42 bits per heavy atom. The number of hydrogen-bond acceptors (Lipinski definition) is 5. The molecule has 190 valence electrons. The van der Waals surface area contributed by atoms with Crippen LogP contribution in [-0.2, 0) is 0 Å². The Labute approximate surface area is 207 Å². The fourth-order valence-electron chi connectivity index (χ4n) is 4.95. The van der Waals surface area contributed by atoms with Crippen molar-refractivity contribution in [3.8, 4) is 5.75 Å². The van der Waals surface area contributed by atoms with Crippen molar-refractivity contribution >= 4 is 17.4 Å². The number of aryl methyl sites for hydroxylation is 1. The molecule has 1 amide bonds. The molecule has 5 rings (SSSR count). The van der Waals surface area contributed by atoms with E-state index in [1.165, 1.54) is 6.20 Å². The van der Waals surface area contributed by atoms with Crippen LogP contribution in [-0.4, -0.2) is 60.1 Å². The molecule has 1 N–H and O–H groups in total. The topological polar surface area (TPSA) is 62.6 Å². The lowest BCUT2D eigenvalue weighted by Crippen LogP contribution is -2.49. The van der Waals surface area contributed by atoms with Crippen LogP contribution in [0.4, 0.5) is 24.7 Å². The van der Waals surface area contributed by atoms with Crippen molar-refractivity contribution in [1.82, 2.24) is 14.7 Å². The number of nitrogens with one attached hydrogen (secondary N) is 1. The van der Waals surface area contributed by atoms with Gasteiger partial charge in [-0.3, -0.25) is 4.79 Å². The van der Waals surface area contributed by atoms with Gasteiger partial charge in [-0.1, -0.05) is 42.0 Å². The number of amides is 1. The fourth-order valence-corrected chi connectivity index (χ4v) is 4.95. The van der Waals surface area contributed by atoms with E-state index in [1.807, 2.05) is 55.5 Å². The SMILES string of the molecule is COc1ccccc1N1CCN(C(=O)c2cnn3c2N[C@H](c2ccc(C)cc2)C[C@@H]3C(F)(F)F)CC1. The van der Waals surface area contributed by atoms with Crippen LogP contribution in [0.15, 0.2) is 54.7 Å². The van der Waals surface area contributed by atoms with E-state index in [-0.39, 0.29) is 23.7 Å². The summed E-state index contributed by atoms with van der Waals surface area (Å²) in [6.45, 7) is 3.97. The fraction of sp³-hybridized carbons (Fsp3) is 0.385. The van der Waals surface area contributed by atoms with E-state index in [9.17, 15) is 18.0 Å². The van der Waals surface area contributed by atoms with Crippen LogP contribution in [0, 0.1) is 6.92 Å². The second-order valence-corrected chi connectivity index (χ2v) is 9.20. The molecule has 0 aliphatic carbocycles. The van der Waals surface area contributed by atoms with Gasteiger partial charge in [-0.15, -0.1) is 0 Å². The smallest absolute Gasteiger partial charge is 0.410 e. The number of halogens is 3. The number of para-hydroxylation sites is 2. The first-order valence-electron chi connectivity index (χ1n) is 11.9. The molecule has 3 heterocycles. The number of hydrogen-bond donors (Lipinski definition) is 1. The monoisotopic (exact) mass is 499 g/mol. The summed E-state index contributed by atoms with van der Waals surface area (Å²) in [7, 11) is 1.62. The third kappa shape index (κ3) is 4.47. The van der Waals surface area contributed by atoms with Gasteiger partial charge in [0.1, 0.15) is 17.1 Å². The van der Waals surface area contributed by atoms with E-state index >= 15 is 0 Å². The van der Waals surface area contributed by atoms with E-state index in [0.717, 1.165) is 27.2 Å². The van der Waals surface area contributed by atoms with E-state index in [1.54, 1.807) is 12.0 Å². The first-order chi connectivity index (χ1) is 17.3. The maximum absolute atomic E-state index is 14.0. The number of carbonyl (C=O) groups excluding carboxylic acids is 1. The van der Waals surface area contributed by atoms with Crippen LogP contribution in [0.5, 0.6) is 5.75 Å². The lowest BCUT2D eigenvalue weighted by atomic mass is 9.96. The zero-order valence-electron chi connectivity index (χ0n) is 20.1. The lowest BCUT2D eigenvalue weighted by Gasteiger charge is -2.37. The molecule has 1 fully saturated rings. The first kappa shape index (κ1) is 24.0. The zero-order chi connectivity index (χ0) is 25.4. The maximum atomic E-state index is 14.0. The highest BCUT2D eigenvalue weighted by Crippen LogP contribution is 2.44. The number of nitrogens with zero attached hydrogens (tertiary/aromatic N) is 4. The number of aromatic nitrogens is 2. The van der Waals surface area contributed by atoms with Gasteiger partial charge < -0.3 is 19.9 Å². The number of ether oxygens (including phenoxy) is 1. The van der Waals surface area contributed by atoms with Crippen molar-refractivity contribution in [3.63, 3.8) is 0 Å². The molecule has 1 saturated heterocycles. The average molecular weight is 500 g/mol. The van der Waals surface area contributed by atoms with E-state index < -0.39 is 18.3 Å². The Morgan fingerprint density at radius 1 is 1.06 bits per heavy atom. The van der Waals surface area contributed by atoms with Crippen molar-refractivity contribution < 1.29 is 22.7 Å². The molecular weight excluding hydrogens is 471 g/mol. The summed E-state index contributed by atoms with van der Waals surface area (Å²) in [5, 5.41) is 7.19. The van der Waals surface area contributed by atoms with E-state index in [0.29, 0.717) is 26.2 Å². The Hall–Kier alpha value is -3.69. The molecule has 0 radical (unpaired) electrons. The predicted molar refractivity (Wildman–Crippen MR) is 131 cm³/mol. The highest BCUT2D eigenvalue weighted by atomic mass is 19.4. The standard InChI is InChI=1S/C26H28F3N5O2/c1-17-7-9-18(10-8-17)20-15-23(26(27,28)29)34-24(31-20)19(16-30-34)25(35)33-13-11-32(12-14-33)21-5-3-4-6-22(21)36-2/h3-10,16,20,23,31H,11-15H2,1-2H3/t20-,23+/m0/s1. The summed E-state index contributed by atoms with van der Waals surface area (Å²) < 4.78 is 48.4. The predicted octanol–water partition coefficient (Wildman–Crippen LogP) is 4.82. The molecule has 36 heavy (non-hydrogen) atoms. The normalized spacial score (nSPS) is 20.0. The molecule has 2 atom stereocenters. The number of anilines is 2. The highest BCUT2D eigenvalue weighted by Gasteiger charge is 2.47. The molecule has 0 bridgehead atoms. The number of fused-ring (bicyclic) bond motifs is 1. The molecule has 7 nitrogen and oxygen atoms in total. The second-order valence-electron chi connectivity index (χ2n) is 9.20. The van der Waals surface area contributed by atoms with Gasteiger partial charge >= 0.3 is 6.18 Å². The maximum Gasteiger partial charge on any atom is 0.410 e. The Kier molecular flexibility index (Phi) is 6.27. The molecule has 3 aromatic rings. The summed E-state index contributed by atoms with van der Waals surface area (Å²) in [4.78, 5) is 17.3. The van der Waals surface area contributed by atoms with Crippen LogP contribution in [0.1, 0.15) is 40.0 Å². The Morgan fingerprint density at radius 2 is 1.75 bits per heavy atom. The molecule has 1 aromatic heterocycles. The van der Waals surface area contributed by atoms with Crippen LogP contribution in [0.25, 0.3) is 0 Å². The largest absolute Gasteiger partial charge is 0.495 e. The van der Waals surface area contributed by atoms with E-state index in [2.05, 4.69) is 15.3 Å². The van der Waals surface area contributed by atoms with Gasteiger partial charge in [0.05, 0.1) is 25.0 Å². The molecule has 2 aliphatic rings. The lowest BCUT2D eigenvalue weighted by molar-refractivity contribution is -0.173. The minimum Gasteiger partial charge on any atom is -0.495 e. The van der Waals surface area contributed by atoms with Gasteiger partial charge in [-0.25, -0.2) is 4.68 Å². The summed E-state index contributed by atoms with van der Waals surface area (Å²) >= 11 is 0. The van der Waals surface area contributed by atoms with Gasteiger partial charge in [-0.05, 0) is 24.6 Å². The Balaban J connectivity index is 1.37. The van der Waals surface area contributed by atoms with Crippen molar-refractivity contribution in [3.05, 3.63) is 71.4 Å². The molecule has 0 saturated carbocycles. The molecular formula is C26H28F3N5O2. The zero-order valence-corrected chi connectivity index (χ0v) is 20.1. The van der Waals surface area contributed by atoms with Crippen LogP contribution >= 0.6 is 0 Å². The number of rotatable bonds is 4. The number of piperazine rings is 1. The molecule has 2 aromatic carbocycles. The molecule has 10 heteroatoms. The van der Waals surface area contributed by atoms with Crippen molar-refractivity contribution in [1.29, 1.82) is 0 Å². The van der Waals surface area contributed by atoms with Crippen molar-refractivity contribution in [2.75, 3.05) is 43.5 Å². The van der Waals surface area contributed by atoms with Crippen LogP contribution < -0.4 is 15.0 Å². The van der Waals surface area contributed by atoms with Gasteiger partial charge in [0.15, 0.2) is 6.04 Å². The number of carbonyl (C=O) groups is 1. The summed E-state index contributed by atoms with van der Waals surface area (Å²) in [6.07, 6.45) is -3.44. The third-order valence-electron chi connectivity index (χ3n) is 6.94. The molecule has 2 aliphatic heterocycles.